The summed E-state index contributed by atoms with van der Waals surface area (Å²) < 4.78 is 29.7. The third-order valence-electron chi connectivity index (χ3n) is 4.05. The van der Waals surface area contributed by atoms with E-state index in [-0.39, 0.29) is 33.2 Å². The third-order valence-corrected chi connectivity index (χ3v) is 4.38. The molecular weight excluding hydrogens is 364 g/mol. The highest BCUT2D eigenvalue weighted by Gasteiger charge is 2.23. The molecule has 3 rings (SSSR count). The summed E-state index contributed by atoms with van der Waals surface area (Å²) in [6.07, 6.45) is 0. The Morgan fingerprint density at radius 3 is 2.35 bits per heavy atom. The van der Waals surface area contributed by atoms with Crippen molar-refractivity contribution < 1.29 is 19.0 Å². The van der Waals surface area contributed by atoms with Gasteiger partial charge in [-0.1, -0.05) is 17.7 Å². The fourth-order valence-electron chi connectivity index (χ4n) is 2.86. The molecule has 134 valence electrons. The zero-order valence-corrected chi connectivity index (χ0v) is 14.4. The molecule has 0 fully saturated rings. The maximum absolute atomic E-state index is 14.4. The average Bonchev–Trinajstić information content (AvgIpc) is 2.60. The van der Waals surface area contributed by atoms with Gasteiger partial charge in [0.2, 0.25) is 0 Å². The molecule has 0 bridgehead atoms. The van der Waals surface area contributed by atoms with Gasteiger partial charge < -0.3 is 10.2 Å². The monoisotopic (exact) mass is 377 g/mol. The van der Waals surface area contributed by atoms with Gasteiger partial charge in [0.15, 0.2) is 0 Å². The van der Waals surface area contributed by atoms with E-state index in [1.807, 2.05) is 0 Å². The van der Waals surface area contributed by atoms with Crippen molar-refractivity contribution in [2.24, 2.45) is 0 Å². The van der Waals surface area contributed by atoms with Crippen LogP contribution in [0.1, 0.15) is 5.56 Å². The number of aliphatic hydroxyl groups excluding tert-OH is 1. The molecule has 4 nitrogen and oxygen atoms in total. The van der Waals surface area contributed by atoms with E-state index in [1.165, 1.54) is 37.3 Å². The van der Waals surface area contributed by atoms with Crippen molar-refractivity contribution in [2.75, 3.05) is 0 Å². The summed E-state index contributed by atoms with van der Waals surface area (Å²) in [6.45, 7) is 0.725. The van der Waals surface area contributed by atoms with Gasteiger partial charge >= 0.3 is 0 Å². The number of aliphatic hydroxyl groups is 1. The molecule has 1 heterocycles. The molecule has 0 aliphatic carbocycles. The fraction of sp³-hybridized carbons (Fsp3) is 0.105. The molecule has 0 atom stereocenters. The highest BCUT2D eigenvalue weighted by atomic mass is 35.5. The van der Waals surface area contributed by atoms with Crippen molar-refractivity contribution in [3.8, 4) is 28.1 Å². The van der Waals surface area contributed by atoms with Gasteiger partial charge in [0.1, 0.15) is 24.1 Å². The number of phenolic OH excluding ortho intramolecular Hbond substituents is 1. The van der Waals surface area contributed by atoms with Crippen LogP contribution in [-0.2, 0) is 6.73 Å². The molecule has 0 aliphatic rings. The van der Waals surface area contributed by atoms with Crippen LogP contribution in [0, 0.1) is 18.6 Å². The zero-order chi connectivity index (χ0) is 19.0. The molecular formula is C19H14ClF2NO3. The minimum atomic E-state index is -0.895. The van der Waals surface area contributed by atoms with Crippen LogP contribution in [0.5, 0.6) is 5.75 Å². The van der Waals surface area contributed by atoms with E-state index in [0.717, 1.165) is 16.7 Å². The van der Waals surface area contributed by atoms with Crippen LogP contribution in [0.15, 0.2) is 47.3 Å². The first-order chi connectivity index (χ1) is 12.3. The molecule has 7 heteroatoms. The highest BCUT2D eigenvalue weighted by Crippen LogP contribution is 2.39. The van der Waals surface area contributed by atoms with E-state index in [9.17, 15) is 23.8 Å². The second kappa shape index (κ2) is 6.90. The van der Waals surface area contributed by atoms with Crippen molar-refractivity contribution in [3.63, 3.8) is 0 Å². The minimum Gasteiger partial charge on any atom is -0.508 e. The Balaban J connectivity index is 2.52. The van der Waals surface area contributed by atoms with Gasteiger partial charge in [0.25, 0.3) is 5.56 Å². The van der Waals surface area contributed by atoms with Gasteiger partial charge in [-0.15, -0.1) is 0 Å². The SMILES string of the molecule is Cc1cc(-c2cc(O)ccc2Cl)c(-c2c(F)cccc2F)n(CO)c1=O. The first kappa shape index (κ1) is 18.1. The summed E-state index contributed by atoms with van der Waals surface area (Å²) in [7, 11) is 0. The molecule has 3 aromatic rings. The van der Waals surface area contributed by atoms with Gasteiger partial charge in [0.05, 0.1) is 11.3 Å². The normalized spacial score (nSPS) is 11.0. The lowest BCUT2D eigenvalue weighted by Crippen LogP contribution is -2.25. The largest absolute Gasteiger partial charge is 0.508 e. The maximum atomic E-state index is 14.4. The van der Waals surface area contributed by atoms with Crippen molar-refractivity contribution in [3.05, 3.63) is 75.0 Å². The predicted molar refractivity (Wildman–Crippen MR) is 95.1 cm³/mol. The summed E-state index contributed by atoms with van der Waals surface area (Å²) >= 11 is 6.21. The fourth-order valence-corrected chi connectivity index (χ4v) is 3.08. The lowest BCUT2D eigenvalue weighted by Gasteiger charge is -2.19. The Kier molecular flexibility index (Phi) is 4.80. The van der Waals surface area contributed by atoms with Gasteiger partial charge in [-0.3, -0.25) is 9.36 Å². The molecule has 0 aliphatic heterocycles. The minimum absolute atomic E-state index is 0.108. The van der Waals surface area contributed by atoms with Gasteiger partial charge in [0, 0.05) is 21.7 Å². The molecule has 2 N–H and O–H groups in total. The topological polar surface area (TPSA) is 62.5 Å². The third kappa shape index (κ3) is 2.98. The van der Waals surface area contributed by atoms with Crippen molar-refractivity contribution in [1.29, 1.82) is 0 Å². The number of pyridine rings is 1. The number of hydrogen-bond acceptors (Lipinski definition) is 3. The van der Waals surface area contributed by atoms with Crippen LogP contribution < -0.4 is 5.56 Å². The maximum Gasteiger partial charge on any atom is 0.255 e. The van der Waals surface area contributed by atoms with E-state index < -0.39 is 29.5 Å². The van der Waals surface area contributed by atoms with Crippen molar-refractivity contribution in [1.82, 2.24) is 4.57 Å². The lowest BCUT2D eigenvalue weighted by molar-refractivity contribution is 0.207. The van der Waals surface area contributed by atoms with Crippen molar-refractivity contribution >= 4 is 11.6 Å². The molecule has 0 spiro atoms. The van der Waals surface area contributed by atoms with Crippen molar-refractivity contribution in [2.45, 2.75) is 13.7 Å². The quantitative estimate of drug-likeness (QED) is 0.723. The molecule has 2 aromatic carbocycles. The molecule has 1 aromatic heterocycles. The number of aryl methyl sites for hydroxylation is 1. The lowest BCUT2D eigenvalue weighted by atomic mass is 9.96. The molecule has 0 amide bonds. The van der Waals surface area contributed by atoms with E-state index in [1.54, 1.807) is 0 Å². The second-order valence-corrected chi connectivity index (χ2v) is 6.13. The summed E-state index contributed by atoms with van der Waals surface area (Å²) in [5.74, 6) is -1.90. The van der Waals surface area contributed by atoms with Gasteiger partial charge in [-0.05, 0) is 43.3 Å². The molecule has 0 unspecified atom stereocenters. The smallest absolute Gasteiger partial charge is 0.255 e. The van der Waals surface area contributed by atoms with Gasteiger partial charge in [-0.2, -0.15) is 0 Å². The van der Waals surface area contributed by atoms with E-state index in [0.29, 0.717) is 0 Å². The number of halogens is 3. The predicted octanol–water partition coefficient (Wildman–Crippen LogP) is 4.08. The van der Waals surface area contributed by atoms with Crippen LogP contribution in [-0.4, -0.2) is 14.8 Å². The van der Waals surface area contributed by atoms with E-state index in [4.69, 9.17) is 11.6 Å². The number of rotatable bonds is 3. The zero-order valence-electron chi connectivity index (χ0n) is 13.6. The molecule has 26 heavy (non-hydrogen) atoms. The first-order valence-corrected chi connectivity index (χ1v) is 8.01. The molecule has 0 saturated carbocycles. The van der Waals surface area contributed by atoms with E-state index in [2.05, 4.69) is 0 Å². The Morgan fingerprint density at radius 2 is 1.73 bits per heavy atom. The summed E-state index contributed by atoms with van der Waals surface area (Å²) in [6, 6.07) is 8.85. The molecule has 0 saturated heterocycles. The van der Waals surface area contributed by atoms with Crippen LogP contribution >= 0.6 is 11.6 Å². The van der Waals surface area contributed by atoms with E-state index >= 15 is 0 Å². The second-order valence-electron chi connectivity index (χ2n) is 5.73. The Labute approximate surface area is 152 Å². The van der Waals surface area contributed by atoms with Crippen LogP contribution in [0.4, 0.5) is 8.78 Å². The Morgan fingerprint density at radius 1 is 1.08 bits per heavy atom. The summed E-state index contributed by atoms with van der Waals surface area (Å²) in [5, 5.41) is 19.7. The number of aromatic nitrogens is 1. The Bertz CT molecular complexity index is 1040. The number of phenols is 1. The van der Waals surface area contributed by atoms with Crippen LogP contribution in [0.3, 0.4) is 0 Å². The standard InChI is InChI=1S/C19H14ClF2NO3/c1-10-7-13(12-8-11(25)5-6-14(12)20)18(23(9-24)19(10)26)17-15(21)3-2-4-16(17)22/h2-8,24-25H,9H2,1H3. The number of benzene rings is 2. The van der Waals surface area contributed by atoms with Crippen LogP contribution in [0.25, 0.3) is 22.4 Å². The summed E-state index contributed by atoms with van der Waals surface area (Å²) in [5.41, 5.74) is -0.492. The number of aromatic hydroxyl groups is 1. The first-order valence-electron chi connectivity index (χ1n) is 7.63. The van der Waals surface area contributed by atoms with Crippen LogP contribution in [0.2, 0.25) is 5.02 Å². The Hall–Kier alpha value is -2.70. The summed E-state index contributed by atoms with van der Waals surface area (Å²) in [4.78, 5) is 12.4. The number of nitrogens with zero attached hydrogens (tertiary/aromatic N) is 1. The highest BCUT2D eigenvalue weighted by molar-refractivity contribution is 6.33. The average molecular weight is 378 g/mol. The number of hydrogen-bond donors (Lipinski definition) is 2. The van der Waals surface area contributed by atoms with Gasteiger partial charge in [-0.25, -0.2) is 8.78 Å². The molecule has 0 radical (unpaired) electrons.